The van der Waals surface area contributed by atoms with Crippen molar-refractivity contribution in [3.8, 4) is 0 Å². The highest BCUT2D eigenvalue weighted by Crippen LogP contribution is 2.38. The van der Waals surface area contributed by atoms with E-state index in [2.05, 4.69) is 17.2 Å². The molecule has 23 heavy (non-hydrogen) atoms. The van der Waals surface area contributed by atoms with Gasteiger partial charge in [-0.3, -0.25) is 0 Å². The van der Waals surface area contributed by atoms with Crippen LogP contribution in [0.25, 0.3) is 0 Å². The van der Waals surface area contributed by atoms with Crippen molar-refractivity contribution in [2.45, 2.75) is 50.9 Å². The van der Waals surface area contributed by atoms with Crippen LogP contribution in [0.4, 0.5) is 0 Å². The molecule has 0 bridgehead atoms. The van der Waals surface area contributed by atoms with Crippen molar-refractivity contribution in [1.29, 1.82) is 0 Å². The highest BCUT2D eigenvalue weighted by molar-refractivity contribution is 5.16. The van der Waals surface area contributed by atoms with Crippen molar-refractivity contribution in [2.24, 2.45) is 0 Å². The molecule has 6 heteroatoms. The molecule has 0 aliphatic carbocycles. The molecule has 0 radical (unpaired) electrons. The summed E-state index contributed by atoms with van der Waals surface area (Å²) in [7, 11) is 0. The summed E-state index contributed by atoms with van der Waals surface area (Å²) in [5.74, 6) is 0. The number of hydrogen-bond donors (Lipinski definition) is 0. The van der Waals surface area contributed by atoms with Crippen LogP contribution in [0.5, 0.6) is 0 Å². The van der Waals surface area contributed by atoms with Gasteiger partial charge in [-0.15, -0.1) is 5.10 Å². The zero-order valence-corrected chi connectivity index (χ0v) is 13.3. The number of fused-ring (bicyclic) bond motifs is 1. The highest BCUT2D eigenvalue weighted by Gasteiger charge is 2.44. The average Bonchev–Trinajstić information content (AvgIpc) is 3.01. The topological polar surface area (TPSA) is 58.4 Å². The van der Waals surface area contributed by atoms with Crippen molar-refractivity contribution < 1.29 is 14.2 Å². The summed E-state index contributed by atoms with van der Waals surface area (Å²) in [4.78, 5) is 0. The maximum atomic E-state index is 6.27. The molecule has 2 aliphatic rings. The Morgan fingerprint density at radius 3 is 2.74 bits per heavy atom. The number of nitrogens with zero attached hydrogens (tertiary/aromatic N) is 3. The maximum Gasteiger partial charge on any atom is 0.184 e. The van der Waals surface area contributed by atoms with Crippen LogP contribution in [0.15, 0.2) is 36.5 Å². The van der Waals surface area contributed by atoms with E-state index in [4.69, 9.17) is 14.2 Å². The lowest BCUT2D eigenvalue weighted by Crippen LogP contribution is -2.52. The molecule has 122 valence electrons. The summed E-state index contributed by atoms with van der Waals surface area (Å²) in [6.45, 7) is 4.55. The van der Waals surface area contributed by atoms with Gasteiger partial charge in [0, 0.05) is 11.8 Å². The van der Waals surface area contributed by atoms with Gasteiger partial charge < -0.3 is 14.2 Å². The quantitative estimate of drug-likeness (QED) is 0.852. The Labute approximate surface area is 135 Å². The molecule has 0 amide bonds. The first-order valence-corrected chi connectivity index (χ1v) is 8.06. The molecule has 2 aromatic rings. The molecule has 2 fully saturated rings. The third kappa shape index (κ3) is 2.89. The Hall–Kier alpha value is -1.76. The van der Waals surface area contributed by atoms with Crippen LogP contribution in [0, 0.1) is 6.92 Å². The molecule has 5 atom stereocenters. The van der Waals surface area contributed by atoms with E-state index in [1.165, 1.54) is 0 Å². The predicted molar refractivity (Wildman–Crippen MR) is 82.8 cm³/mol. The third-order valence-electron chi connectivity index (χ3n) is 4.46. The molecule has 0 saturated carbocycles. The summed E-state index contributed by atoms with van der Waals surface area (Å²) in [5.41, 5.74) is 1.94. The molecule has 2 saturated heterocycles. The molecule has 5 unspecified atom stereocenters. The van der Waals surface area contributed by atoms with Gasteiger partial charge in [-0.1, -0.05) is 35.5 Å². The molecule has 1 aromatic heterocycles. The van der Waals surface area contributed by atoms with E-state index in [9.17, 15) is 0 Å². The zero-order chi connectivity index (χ0) is 15.8. The van der Waals surface area contributed by atoms with Crippen LogP contribution < -0.4 is 0 Å². The fourth-order valence-corrected chi connectivity index (χ4v) is 3.40. The molecular weight excluding hydrogens is 294 g/mol. The molecular formula is C17H21N3O3. The number of aromatic nitrogens is 3. The Morgan fingerprint density at radius 2 is 2.00 bits per heavy atom. The van der Waals surface area contributed by atoms with E-state index >= 15 is 0 Å². The summed E-state index contributed by atoms with van der Waals surface area (Å²) >= 11 is 0. The third-order valence-corrected chi connectivity index (χ3v) is 4.46. The van der Waals surface area contributed by atoms with E-state index in [1.807, 2.05) is 48.1 Å². The molecule has 2 aliphatic heterocycles. The van der Waals surface area contributed by atoms with Crippen molar-refractivity contribution in [3.63, 3.8) is 0 Å². The first-order valence-electron chi connectivity index (χ1n) is 8.06. The molecule has 0 spiro atoms. The standard InChI is InChI=1S/C17H21N3O3/c1-11-9-20(19-18-11)14-8-12(2)22-15-10-21-17(23-16(14)15)13-6-4-3-5-7-13/h3-7,9,12,14-17H,8,10H2,1-2H3. The number of hydrogen-bond acceptors (Lipinski definition) is 5. The van der Waals surface area contributed by atoms with Gasteiger partial charge in [0.15, 0.2) is 6.29 Å². The first-order chi connectivity index (χ1) is 11.2. The summed E-state index contributed by atoms with van der Waals surface area (Å²) in [5, 5.41) is 8.37. The summed E-state index contributed by atoms with van der Waals surface area (Å²) < 4.78 is 20.1. The molecule has 3 heterocycles. The minimum absolute atomic E-state index is 0.0757. The lowest BCUT2D eigenvalue weighted by molar-refractivity contribution is -0.298. The average molecular weight is 315 g/mol. The second kappa shape index (κ2) is 6.03. The van der Waals surface area contributed by atoms with Crippen molar-refractivity contribution >= 4 is 0 Å². The Morgan fingerprint density at radius 1 is 1.17 bits per heavy atom. The van der Waals surface area contributed by atoms with Crippen molar-refractivity contribution in [1.82, 2.24) is 15.0 Å². The Bertz CT molecular complexity index is 660. The Balaban J connectivity index is 1.60. The van der Waals surface area contributed by atoms with Crippen molar-refractivity contribution in [2.75, 3.05) is 6.61 Å². The predicted octanol–water partition coefficient (Wildman–Crippen LogP) is 2.42. The monoisotopic (exact) mass is 315 g/mol. The maximum absolute atomic E-state index is 6.27. The summed E-state index contributed by atoms with van der Waals surface area (Å²) in [6.07, 6.45) is 2.44. The number of ether oxygens (including phenoxy) is 3. The van der Waals surface area contributed by atoms with Gasteiger partial charge in [0.2, 0.25) is 0 Å². The fraction of sp³-hybridized carbons (Fsp3) is 0.529. The van der Waals surface area contributed by atoms with Crippen LogP contribution in [-0.2, 0) is 14.2 Å². The zero-order valence-electron chi connectivity index (χ0n) is 13.3. The van der Waals surface area contributed by atoms with Crippen LogP contribution in [0.1, 0.15) is 36.9 Å². The van der Waals surface area contributed by atoms with Crippen LogP contribution >= 0.6 is 0 Å². The van der Waals surface area contributed by atoms with E-state index in [0.717, 1.165) is 17.7 Å². The first kappa shape index (κ1) is 14.8. The largest absolute Gasteiger partial charge is 0.370 e. The van der Waals surface area contributed by atoms with Gasteiger partial charge in [-0.2, -0.15) is 0 Å². The summed E-state index contributed by atoms with van der Waals surface area (Å²) in [6, 6.07) is 10.1. The number of rotatable bonds is 2. The fourth-order valence-electron chi connectivity index (χ4n) is 3.40. The van der Waals surface area contributed by atoms with Crippen LogP contribution in [0.3, 0.4) is 0 Å². The molecule has 4 rings (SSSR count). The lowest BCUT2D eigenvalue weighted by Gasteiger charge is -2.45. The van der Waals surface area contributed by atoms with E-state index in [-0.39, 0.29) is 30.6 Å². The van der Waals surface area contributed by atoms with Gasteiger partial charge in [0.1, 0.15) is 12.2 Å². The smallest absolute Gasteiger partial charge is 0.184 e. The Kier molecular flexibility index (Phi) is 3.88. The van der Waals surface area contributed by atoms with Gasteiger partial charge in [0.05, 0.1) is 24.4 Å². The number of aryl methyl sites for hydroxylation is 1. The van der Waals surface area contributed by atoms with Crippen LogP contribution in [0.2, 0.25) is 0 Å². The van der Waals surface area contributed by atoms with Crippen LogP contribution in [-0.4, -0.2) is 39.9 Å². The van der Waals surface area contributed by atoms with Gasteiger partial charge >= 0.3 is 0 Å². The minimum Gasteiger partial charge on any atom is -0.370 e. The molecule has 1 aromatic carbocycles. The van der Waals surface area contributed by atoms with Gasteiger partial charge in [0.25, 0.3) is 0 Å². The highest BCUT2D eigenvalue weighted by atomic mass is 16.7. The molecule has 6 nitrogen and oxygen atoms in total. The lowest BCUT2D eigenvalue weighted by atomic mass is 9.95. The van der Waals surface area contributed by atoms with Crippen molar-refractivity contribution in [3.05, 3.63) is 47.8 Å². The second-order valence-corrected chi connectivity index (χ2v) is 6.30. The van der Waals surface area contributed by atoms with Gasteiger partial charge in [-0.05, 0) is 20.3 Å². The van der Waals surface area contributed by atoms with E-state index < -0.39 is 0 Å². The van der Waals surface area contributed by atoms with Gasteiger partial charge in [-0.25, -0.2) is 4.68 Å². The SMILES string of the molecule is Cc1cn(C2CC(C)OC3COC(c4ccccc4)OC32)nn1. The second-order valence-electron chi connectivity index (χ2n) is 6.30. The molecule has 0 N–H and O–H groups in total. The minimum atomic E-state index is -0.360. The number of benzene rings is 1. The van der Waals surface area contributed by atoms with E-state index in [1.54, 1.807) is 0 Å². The van der Waals surface area contributed by atoms with E-state index in [0.29, 0.717) is 6.61 Å². The normalized spacial score (nSPS) is 34.1.